The molecule has 1 N–H and O–H groups in total. The minimum atomic E-state index is -0.539. The Morgan fingerprint density at radius 1 is 1.12 bits per heavy atom. The molecule has 2 aromatic carbocycles. The fraction of sp³-hybridized carbons (Fsp3) is 0.227. The van der Waals surface area contributed by atoms with Gasteiger partial charge in [-0.1, -0.05) is 41.4 Å². The van der Waals surface area contributed by atoms with Crippen molar-refractivity contribution in [2.75, 3.05) is 43.1 Å². The van der Waals surface area contributed by atoms with Crippen LogP contribution in [0.25, 0.3) is 6.08 Å². The van der Waals surface area contributed by atoms with Crippen LogP contribution >= 0.6 is 35.0 Å². The summed E-state index contributed by atoms with van der Waals surface area (Å²) in [6.07, 6.45) is 1.52. The van der Waals surface area contributed by atoms with E-state index in [9.17, 15) is 14.4 Å². The molecule has 0 saturated carbocycles. The maximum Gasteiger partial charge on any atom is 0.294 e. The Hall–Kier alpha value is -2.52. The molecule has 2 aromatic rings. The number of nitrogens with one attached hydrogen (secondary N) is 1. The maximum absolute atomic E-state index is 12.7. The molecule has 2 aliphatic rings. The number of imide groups is 1. The standard InChI is InChI=1S/C22H19Cl2N3O4S/c23-15-6-5-14(16(24)12-15)11-19-21(29)27(22(30)32-19)13-20(28)25-17-3-1-2-4-18(17)26-7-9-31-10-8-26/h1-6,11-12H,7-10,13H2,(H,25,28)/b19-11+. The third-order valence-electron chi connectivity index (χ3n) is 4.95. The van der Waals surface area contributed by atoms with Gasteiger partial charge in [0.05, 0.1) is 29.5 Å². The Bertz CT molecular complexity index is 1100. The highest BCUT2D eigenvalue weighted by Gasteiger charge is 2.36. The lowest BCUT2D eigenvalue weighted by atomic mass is 10.2. The van der Waals surface area contributed by atoms with Crippen molar-refractivity contribution in [2.45, 2.75) is 0 Å². The molecular weight excluding hydrogens is 473 g/mol. The van der Waals surface area contributed by atoms with Crippen LogP contribution in [0.15, 0.2) is 47.4 Å². The minimum Gasteiger partial charge on any atom is -0.378 e. The molecule has 3 amide bonds. The minimum absolute atomic E-state index is 0.195. The predicted octanol–water partition coefficient (Wildman–Crippen LogP) is 4.51. The highest BCUT2D eigenvalue weighted by atomic mass is 35.5. The molecule has 0 aliphatic carbocycles. The van der Waals surface area contributed by atoms with Crippen molar-refractivity contribution in [3.05, 3.63) is 63.0 Å². The van der Waals surface area contributed by atoms with Gasteiger partial charge in [0.2, 0.25) is 5.91 Å². The summed E-state index contributed by atoms with van der Waals surface area (Å²) in [4.78, 5) is 41.1. The molecule has 0 aromatic heterocycles. The van der Waals surface area contributed by atoms with Crippen molar-refractivity contribution in [1.82, 2.24) is 4.90 Å². The van der Waals surface area contributed by atoms with Gasteiger partial charge in [-0.3, -0.25) is 19.3 Å². The first-order chi connectivity index (χ1) is 15.4. The lowest BCUT2D eigenvalue weighted by Crippen LogP contribution is -2.38. The summed E-state index contributed by atoms with van der Waals surface area (Å²) in [6, 6.07) is 12.3. The van der Waals surface area contributed by atoms with E-state index in [4.69, 9.17) is 27.9 Å². The zero-order valence-electron chi connectivity index (χ0n) is 16.8. The molecule has 166 valence electrons. The number of ether oxygens (including phenoxy) is 1. The molecule has 7 nitrogen and oxygen atoms in total. The van der Waals surface area contributed by atoms with Crippen molar-refractivity contribution in [2.24, 2.45) is 0 Å². The molecule has 0 spiro atoms. The van der Waals surface area contributed by atoms with Crippen molar-refractivity contribution < 1.29 is 19.1 Å². The zero-order valence-corrected chi connectivity index (χ0v) is 19.2. The summed E-state index contributed by atoms with van der Waals surface area (Å²) in [5, 5.41) is 3.14. The van der Waals surface area contributed by atoms with Crippen molar-refractivity contribution in [3.63, 3.8) is 0 Å². The molecule has 0 radical (unpaired) electrons. The normalized spacial score (nSPS) is 17.9. The number of morpholine rings is 1. The number of thioether (sulfide) groups is 1. The Balaban J connectivity index is 1.45. The number of benzene rings is 2. The Morgan fingerprint density at radius 2 is 1.88 bits per heavy atom. The van der Waals surface area contributed by atoms with Crippen LogP contribution in [0, 0.1) is 0 Å². The maximum atomic E-state index is 12.7. The number of amides is 3. The monoisotopic (exact) mass is 491 g/mol. The second-order valence-corrected chi connectivity index (χ2v) is 8.94. The average Bonchev–Trinajstić information content (AvgIpc) is 3.04. The quantitative estimate of drug-likeness (QED) is 0.620. The molecule has 0 unspecified atom stereocenters. The van der Waals surface area contributed by atoms with Crippen LogP contribution in [0.3, 0.4) is 0 Å². The molecule has 2 aliphatic heterocycles. The van der Waals surface area contributed by atoms with Gasteiger partial charge in [-0.05, 0) is 47.7 Å². The highest BCUT2D eigenvalue weighted by molar-refractivity contribution is 8.18. The molecule has 2 heterocycles. The van der Waals surface area contributed by atoms with E-state index < -0.39 is 17.1 Å². The molecule has 10 heteroatoms. The number of rotatable bonds is 5. The van der Waals surface area contributed by atoms with Gasteiger partial charge >= 0.3 is 0 Å². The van der Waals surface area contributed by atoms with Gasteiger partial charge in [-0.15, -0.1) is 0 Å². The van der Waals surface area contributed by atoms with Gasteiger partial charge < -0.3 is 15.0 Å². The second-order valence-electron chi connectivity index (χ2n) is 7.10. The van der Waals surface area contributed by atoms with Crippen molar-refractivity contribution >= 4 is 69.5 Å². The first kappa shape index (κ1) is 22.7. The van der Waals surface area contributed by atoms with Gasteiger partial charge in [-0.25, -0.2) is 0 Å². The lowest BCUT2D eigenvalue weighted by Gasteiger charge is -2.30. The van der Waals surface area contributed by atoms with E-state index in [1.54, 1.807) is 24.3 Å². The average molecular weight is 492 g/mol. The van der Waals surface area contributed by atoms with E-state index in [2.05, 4.69) is 10.2 Å². The van der Waals surface area contributed by atoms with Gasteiger partial charge in [0.1, 0.15) is 6.54 Å². The van der Waals surface area contributed by atoms with Gasteiger partial charge in [-0.2, -0.15) is 0 Å². The van der Waals surface area contributed by atoms with E-state index in [1.165, 1.54) is 6.08 Å². The predicted molar refractivity (Wildman–Crippen MR) is 127 cm³/mol. The Morgan fingerprint density at radius 3 is 2.62 bits per heavy atom. The summed E-state index contributed by atoms with van der Waals surface area (Å²) < 4.78 is 5.39. The van der Waals surface area contributed by atoms with E-state index in [1.807, 2.05) is 18.2 Å². The molecule has 2 saturated heterocycles. The van der Waals surface area contributed by atoms with Crippen LogP contribution in [0.5, 0.6) is 0 Å². The molecule has 0 bridgehead atoms. The summed E-state index contributed by atoms with van der Waals surface area (Å²) in [5.74, 6) is -0.999. The third-order valence-corrected chi connectivity index (χ3v) is 6.42. The van der Waals surface area contributed by atoms with E-state index >= 15 is 0 Å². The number of halogens is 2. The Labute approximate surface area is 199 Å². The summed E-state index contributed by atoms with van der Waals surface area (Å²) in [7, 11) is 0. The number of para-hydroxylation sites is 2. The third kappa shape index (κ3) is 5.10. The van der Waals surface area contributed by atoms with Crippen LogP contribution in [-0.2, 0) is 14.3 Å². The van der Waals surface area contributed by atoms with Crippen LogP contribution in [0.4, 0.5) is 16.2 Å². The first-order valence-electron chi connectivity index (χ1n) is 9.84. The van der Waals surface area contributed by atoms with E-state index in [0.717, 1.165) is 22.3 Å². The number of carbonyl (C=O) groups excluding carboxylic acids is 3. The zero-order chi connectivity index (χ0) is 22.7. The Kier molecular flexibility index (Phi) is 7.05. The van der Waals surface area contributed by atoms with E-state index in [-0.39, 0.29) is 11.4 Å². The SMILES string of the molecule is O=C(CN1C(=O)S/C(=C/c2ccc(Cl)cc2Cl)C1=O)Nc1ccccc1N1CCOCC1. The molecule has 4 rings (SSSR count). The van der Waals surface area contributed by atoms with Gasteiger partial charge in [0.15, 0.2) is 0 Å². The summed E-state index contributed by atoms with van der Waals surface area (Å²) in [5.41, 5.74) is 2.05. The van der Waals surface area contributed by atoms with Crippen LogP contribution in [0.2, 0.25) is 10.0 Å². The molecular formula is C22H19Cl2N3O4S. The summed E-state index contributed by atoms with van der Waals surface area (Å²) >= 11 is 12.8. The first-order valence-corrected chi connectivity index (χ1v) is 11.4. The van der Waals surface area contributed by atoms with E-state index in [0.29, 0.717) is 47.6 Å². The van der Waals surface area contributed by atoms with Gasteiger partial charge in [0, 0.05) is 23.1 Å². The van der Waals surface area contributed by atoms with Crippen LogP contribution < -0.4 is 10.2 Å². The number of hydrogen-bond donors (Lipinski definition) is 1. The summed E-state index contributed by atoms with van der Waals surface area (Å²) in [6.45, 7) is 2.28. The number of nitrogens with zero attached hydrogens (tertiary/aromatic N) is 2. The van der Waals surface area contributed by atoms with Crippen molar-refractivity contribution in [1.29, 1.82) is 0 Å². The number of anilines is 2. The topological polar surface area (TPSA) is 79.0 Å². The number of hydrogen-bond acceptors (Lipinski definition) is 6. The second kappa shape index (κ2) is 9.95. The largest absolute Gasteiger partial charge is 0.378 e. The van der Waals surface area contributed by atoms with Crippen LogP contribution in [-0.4, -0.2) is 54.8 Å². The smallest absolute Gasteiger partial charge is 0.294 e. The number of carbonyl (C=O) groups is 3. The molecule has 0 atom stereocenters. The van der Waals surface area contributed by atoms with Crippen LogP contribution in [0.1, 0.15) is 5.56 Å². The van der Waals surface area contributed by atoms with Gasteiger partial charge in [0.25, 0.3) is 11.1 Å². The molecule has 32 heavy (non-hydrogen) atoms. The fourth-order valence-electron chi connectivity index (χ4n) is 3.39. The molecule has 2 fully saturated rings. The van der Waals surface area contributed by atoms with Crippen molar-refractivity contribution in [3.8, 4) is 0 Å². The lowest BCUT2D eigenvalue weighted by molar-refractivity contribution is -0.127. The fourth-order valence-corrected chi connectivity index (χ4v) is 4.68. The highest BCUT2D eigenvalue weighted by Crippen LogP contribution is 2.34.